The molecule has 2 heterocycles. The number of nitrogens with zero attached hydrogens (tertiary/aromatic N) is 2. The van der Waals surface area contributed by atoms with Crippen molar-refractivity contribution in [2.45, 2.75) is 71.9 Å². The molecule has 0 spiro atoms. The molecule has 2 rings (SSSR count). The Kier molecular flexibility index (Phi) is 6.99. The summed E-state index contributed by atoms with van der Waals surface area (Å²) in [6.07, 6.45) is -0.671. The lowest BCUT2D eigenvalue weighted by Crippen LogP contribution is -2.65. The van der Waals surface area contributed by atoms with E-state index in [0.717, 1.165) is 4.88 Å². The molecule has 0 aliphatic carbocycles. The highest BCUT2D eigenvalue weighted by atomic mass is 32.1. The number of carbonyl (C=O) groups is 4. The highest BCUT2D eigenvalue weighted by molar-refractivity contribution is 7.16. The van der Waals surface area contributed by atoms with Crippen molar-refractivity contribution in [3.8, 4) is 0 Å². The number of thiophene rings is 1. The Labute approximate surface area is 192 Å². The van der Waals surface area contributed by atoms with Crippen molar-refractivity contribution in [2.24, 2.45) is 0 Å². The minimum absolute atomic E-state index is 0.116. The first-order valence-corrected chi connectivity index (χ1v) is 11.2. The number of anilines is 1. The number of aliphatic carboxylic acids is 1. The number of rotatable bonds is 4. The third-order valence-electron chi connectivity index (χ3n) is 4.97. The van der Waals surface area contributed by atoms with E-state index < -0.39 is 41.6 Å². The lowest BCUT2D eigenvalue weighted by molar-refractivity contribution is -0.153. The normalized spacial score (nSPS) is 16.7. The van der Waals surface area contributed by atoms with E-state index in [0.29, 0.717) is 5.00 Å². The van der Waals surface area contributed by atoms with Crippen molar-refractivity contribution in [3.63, 3.8) is 0 Å². The van der Waals surface area contributed by atoms with Crippen LogP contribution in [0.25, 0.3) is 0 Å². The summed E-state index contributed by atoms with van der Waals surface area (Å²) in [6.45, 7) is 14.3. The first kappa shape index (κ1) is 25.6. The lowest BCUT2D eigenvalue weighted by atomic mass is 9.93. The van der Waals surface area contributed by atoms with E-state index in [-0.39, 0.29) is 24.1 Å². The SMILES string of the molecule is CC(C)(C)OC(=O)Nc1sc(C(C)(C)C)cc1C(=O)N1CCN(CC(=O)O)C(=O)C1(C)C. The second-order valence-corrected chi connectivity index (χ2v) is 11.4. The third-order valence-corrected chi connectivity index (χ3v) is 6.44. The van der Waals surface area contributed by atoms with E-state index in [1.165, 1.54) is 21.1 Å². The molecule has 9 nitrogen and oxygen atoms in total. The second-order valence-electron chi connectivity index (χ2n) is 10.4. The summed E-state index contributed by atoms with van der Waals surface area (Å²) in [6, 6.07) is 1.74. The van der Waals surface area contributed by atoms with Crippen LogP contribution < -0.4 is 5.32 Å². The predicted octanol–water partition coefficient (Wildman–Crippen LogP) is 3.54. The minimum atomic E-state index is -1.24. The number of carbonyl (C=O) groups excluding carboxylic acids is 3. The molecule has 1 saturated heterocycles. The number of hydrogen-bond acceptors (Lipinski definition) is 6. The molecule has 1 aromatic heterocycles. The Morgan fingerprint density at radius 3 is 2.25 bits per heavy atom. The molecule has 0 saturated carbocycles. The number of piperazine rings is 1. The van der Waals surface area contributed by atoms with Gasteiger partial charge in [0.1, 0.15) is 22.7 Å². The molecule has 32 heavy (non-hydrogen) atoms. The van der Waals surface area contributed by atoms with Gasteiger partial charge in [0.05, 0.1) is 5.56 Å². The summed E-state index contributed by atoms with van der Waals surface area (Å²) < 4.78 is 5.34. The Morgan fingerprint density at radius 1 is 1.16 bits per heavy atom. The Bertz CT molecular complexity index is 923. The fraction of sp³-hybridized carbons (Fsp3) is 0.636. The first-order chi connectivity index (χ1) is 14.4. The van der Waals surface area contributed by atoms with Crippen molar-refractivity contribution < 1.29 is 29.0 Å². The summed E-state index contributed by atoms with van der Waals surface area (Å²) in [5, 5.41) is 12.1. The van der Waals surface area contributed by atoms with Gasteiger partial charge in [0.25, 0.3) is 5.91 Å². The maximum Gasteiger partial charge on any atom is 0.412 e. The maximum absolute atomic E-state index is 13.6. The van der Waals surface area contributed by atoms with Gasteiger partial charge in [-0.25, -0.2) is 4.79 Å². The summed E-state index contributed by atoms with van der Waals surface area (Å²) >= 11 is 1.29. The van der Waals surface area contributed by atoms with Crippen LogP contribution in [0.3, 0.4) is 0 Å². The predicted molar refractivity (Wildman–Crippen MR) is 122 cm³/mol. The zero-order chi connectivity index (χ0) is 24.6. The standard InChI is InChI=1S/C22H33N3O6S/c1-20(2,3)14-11-13(16(32-14)23-19(30)31-21(4,5)6)17(28)25-10-9-24(12-15(26)27)18(29)22(25,7)8/h11H,9-10,12H2,1-8H3,(H,23,30)(H,26,27). The van der Waals surface area contributed by atoms with Crippen LogP contribution in [0, 0.1) is 0 Å². The summed E-state index contributed by atoms with van der Waals surface area (Å²) in [5.74, 6) is -1.95. The van der Waals surface area contributed by atoms with Crippen LogP contribution in [0.15, 0.2) is 6.07 Å². The molecular formula is C22H33N3O6S. The van der Waals surface area contributed by atoms with Crippen LogP contribution in [0.2, 0.25) is 0 Å². The number of nitrogens with one attached hydrogen (secondary N) is 1. The van der Waals surface area contributed by atoms with E-state index in [4.69, 9.17) is 9.84 Å². The average molecular weight is 468 g/mol. The van der Waals surface area contributed by atoms with E-state index in [2.05, 4.69) is 5.32 Å². The highest BCUT2D eigenvalue weighted by Crippen LogP contribution is 2.38. The molecule has 0 atom stereocenters. The molecule has 3 amide bonds. The van der Waals surface area contributed by atoms with Crippen molar-refractivity contribution in [2.75, 3.05) is 25.0 Å². The highest BCUT2D eigenvalue weighted by Gasteiger charge is 2.45. The Hall–Kier alpha value is -2.62. The van der Waals surface area contributed by atoms with Gasteiger partial charge >= 0.3 is 12.1 Å². The zero-order valence-corrected chi connectivity index (χ0v) is 20.8. The van der Waals surface area contributed by atoms with Gasteiger partial charge in [0, 0.05) is 18.0 Å². The van der Waals surface area contributed by atoms with E-state index in [9.17, 15) is 19.2 Å². The molecule has 1 fully saturated rings. The van der Waals surface area contributed by atoms with Crippen LogP contribution >= 0.6 is 11.3 Å². The van der Waals surface area contributed by atoms with Crippen molar-refractivity contribution in [3.05, 3.63) is 16.5 Å². The number of ether oxygens (including phenoxy) is 1. The van der Waals surface area contributed by atoms with Crippen LogP contribution in [-0.4, -0.2) is 69.6 Å². The van der Waals surface area contributed by atoms with Crippen LogP contribution in [0.1, 0.15) is 70.6 Å². The third kappa shape index (κ3) is 5.79. The van der Waals surface area contributed by atoms with Gasteiger partial charge in [-0.15, -0.1) is 11.3 Å². The quantitative estimate of drug-likeness (QED) is 0.700. The molecule has 0 unspecified atom stereocenters. The zero-order valence-electron chi connectivity index (χ0n) is 20.0. The van der Waals surface area contributed by atoms with Gasteiger partial charge in [-0.2, -0.15) is 0 Å². The average Bonchev–Trinajstić information content (AvgIpc) is 3.00. The molecule has 0 radical (unpaired) electrons. The summed E-state index contributed by atoms with van der Waals surface area (Å²) in [4.78, 5) is 53.5. The van der Waals surface area contributed by atoms with Crippen LogP contribution in [0.4, 0.5) is 9.80 Å². The fourth-order valence-corrected chi connectivity index (χ4v) is 4.42. The van der Waals surface area contributed by atoms with Crippen molar-refractivity contribution >= 4 is 40.2 Å². The maximum atomic E-state index is 13.6. The van der Waals surface area contributed by atoms with E-state index >= 15 is 0 Å². The van der Waals surface area contributed by atoms with E-state index in [1.54, 1.807) is 40.7 Å². The topological polar surface area (TPSA) is 116 Å². The van der Waals surface area contributed by atoms with Gasteiger partial charge in [0.15, 0.2) is 0 Å². The molecule has 178 valence electrons. The summed E-state index contributed by atoms with van der Waals surface area (Å²) in [7, 11) is 0. The fourth-order valence-electron chi connectivity index (χ4n) is 3.33. The molecule has 1 aliphatic rings. The van der Waals surface area contributed by atoms with Gasteiger partial charge < -0.3 is 19.6 Å². The number of carboxylic acid groups (broad SMARTS) is 1. The van der Waals surface area contributed by atoms with Crippen molar-refractivity contribution in [1.82, 2.24) is 9.80 Å². The first-order valence-electron chi connectivity index (χ1n) is 10.4. The molecule has 0 aromatic carbocycles. The Morgan fingerprint density at radius 2 is 1.75 bits per heavy atom. The second kappa shape index (κ2) is 8.73. The Balaban J connectivity index is 2.39. The van der Waals surface area contributed by atoms with Crippen molar-refractivity contribution in [1.29, 1.82) is 0 Å². The lowest BCUT2D eigenvalue weighted by Gasteiger charge is -2.45. The number of hydrogen-bond donors (Lipinski definition) is 2. The minimum Gasteiger partial charge on any atom is -0.480 e. The van der Waals surface area contributed by atoms with Crippen LogP contribution in [0.5, 0.6) is 0 Å². The van der Waals surface area contributed by atoms with Crippen LogP contribution in [-0.2, 0) is 19.7 Å². The molecular weight excluding hydrogens is 434 g/mol. The largest absolute Gasteiger partial charge is 0.480 e. The van der Waals surface area contributed by atoms with Gasteiger partial charge in [-0.3, -0.25) is 19.7 Å². The van der Waals surface area contributed by atoms with Gasteiger partial charge in [0.2, 0.25) is 5.91 Å². The summed E-state index contributed by atoms with van der Waals surface area (Å²) in [5.41, 5.74) is -1.93. The van der Waals surface area contributed by atoms with E-state index in [1.807, 2.05) is 20.8 Å². The number of carboxylic acids is 1. The molecule has 0 bridgehead atoms. The molecule has 2 N–H and O–H groups in total. The molecule has 1 aromatic rings. The number of amides is 3. The van der Waals surface area contributed by atoms with Gasteiger partial charge in [-0.1, -0.05) is 20.8 Å². The smallest absolute Gasteiger partial charge is 0.412 e. The molecule has 10 heteroatoms. The monoisotopic (exact) mass is 467 g/mol. The molecule has 1 aliphatic heterocycles. The van der Waals surface area contributed by atoms with Gasteiger partial charge in [-0.05, 0) is 46.1 Å².